The third-order valence-corrected chi connectivity index (χ3v) is 3.57. The molecule has 2 rings (SSSR count). The SMILES string of the molecule is O=C(CP(=O)(O)O)N1C(=O)OC[C@@H]1Cc1ccccc1. The first kappa shape index (κ1) is 14.7. The summed E-state index contributed by atoms with van der Waals surface area (Å²) < 4.78 is 15.7. The van der Waals surface area contributed by atoms with Crippen molar-refractivity contribution in [1.29, 1.82) is 0 Å². The Kier molecular flexibility index (Phi) is 4.23. The average Bonchev–Trinajstić information content (AvgIpc) is 2.69. The van der Waals surface area contributed by atoms with E-state index in [0.29, 0.717) is 6.42 Å². The van der Waals surface area contributed by atoms with Crippen molar-refractivity contribution in [2.75, 3.05) is 12.8 Å². The number of nitrogens with zero attached hydrogens (tertiary/aromatic N) is 1. The number of hydrogen-bond donors (Lipinski definition) is 2. The quantitative estimate of drug-likeness (QED) is 0.795. The van der Waals surface area contributed by atoms with E-state index in [2.05, 4.69) is 0 Å². The Hall–Kier alpha value is -1.69. The van der Waals surface area contributed by atoms with Crippen molar-refractivity contribution in [2.24, 2.45) is 0 Å². The minimum Gasteiger partial charge on any atom is -0.447 e. The monoisotopic (exact) mass is 299 g/mol. The van der Waals surface area contributed by atoms with Gasteiger partial charge in [0.05, 0.1) is 6.04 Å². The number of cyclic esters (lactones) is 1. The molecule has 108 valence electrons. The summed E-state index contributed by atoms with van der Waals surface area (Å²) in [6.07, 6.45) is -1.46. The van der Waals surface area contributed by atoms with Crippen molar-refractivity contribution in [2.45, 2.75) is 12.5 Å². The molecule has 1 heterocycles. The summed E-state index contributed by atoms with van der Waals surface area (Å²) in [5.74, 6) is -0.915. The smallest absolute Gasteiger partial charge is 0.417 e. The van der Waals surface area contributed by atoms with Gasteiger partial charge in [-0.05, 0) is 12.0 Å². The van der Waals surface area contributed by atoms with Gasteiger partial charge >= 0.3 is 13.7 Å². The highest BCUT2D eigenvalue weighted by Gasteiger charge is 2.39. The molecule has 0 aromatic heterocycles. The third kappa shape index (κ3) is 3.66. The number of amides is 2. The molecule has 1 aliphatic rings. The molecule has 0 unspecified atom stereocenters. The Balaban J connectivity index is 2.11. The maximum absolute atomic E-state index is 11.8. The van der Waals surface area contributed by atoms with Crippen molar-refractivity contribution in [3.8, 4) is 0 Å². The van der Waals surface area contributed by atoms with Gasteiger partial charge in [0.2, 0.25) is 5.91 Å². The van der Waals surface area contributed by atoms with Crippen LogP contribution in [0.25, 0.3) is 0 Å². The lowest BCUT2D eigenvalue weighted by molar-refractivity contribution is -0.126. The second-order valence-corrected chi connectivity index (χ2v) is 6.15. The number of benzene rings is 1. The highest BCUT2D eigenvalue weighted by molar-refractivity contribution is 7.52. The fourth-order valence-corrected chi connectivity index (χ4v) is 2.56. The Bertz CT molecular complexity index is 554. The molecule has 1 aromatic rings. The van der Waals surface area contributed by atoms with Crippen LogP contribution in [0, 0.1) is 0 Å². The molecule has 0 aliphatic carbocycles. The topological polar surface area (TPSA) is 104 Å². The Morgan fingerprint density at radius 3 is 2.60 bits per heavy atom. The lowest BCUT2D eigenvalue weighted by Gasteiger charge is -2.19. The standard InChI is InChI=1S/C12H14NO6P/c14-11(8-20(16,17)18)13-10(7-19-12(13)15)6-9-4-2-1-3-5-9/h1-5,10H,6-8H2,(H2,16,17,18)/t10-/m0/s1. The van der Waals surface area contributed by atoms with Gasteiger partial charge in [0, 0.05) is 0 Å². The molecule has 0 radical (unpaired) electrons. The lowest BCUT2D eigenvalue weighted by Crippen LogP contribution is -2.41. The fraction of sp³-hybridized carbons (Fsp3) is 0.333. The molecule has 1 saturated heterocycles. The van der Waals surface area contributed by atoms with Gasteiger partial charge in [-0.15, -0.1) is 0 Å². The van der Waals surface area contributed by atoms with Crippen LogP contribution in [0.15, 0.2) is 30.3 Å². The summed E-state index contributed by atoms with van der Waals surface area (Å²) in [5, 5.41) is 0. The van der Waals surface area contributed by atoms with Crippen molar-refractivity contribution in [1.82, 2.24) is 4.90 Å². The predicted octanol–water partition coefficient (Wildman–Crippen LogP) is 0.754. The van der Waals surface area contributed by atoms with Crippen molar-refractivity contribution in [3.63, 3.8) is 0 Å². The van der Waals surface area contributed by atoms with E-state index in [1.807, 2.05) is 30.3 Å². The number of rotatable bonds is 4. The van der Waals surface area contributed by atoms with Gasteiger partial charge in [-0.1, -0.05) is 30.3 Å². The molecule has 20 heavy (non-hydrogen) atoms. The second-order valence-electron chi connectivity index (χ2n) is 4.51. The van der Waals surface area contributed by atoms with Gasteiger partial charge in [0.1, 0.15) is 12.8 Å². The average molecular weight is 299 g/mol. The molecule has 7 nitrogen and oxygen atoms in total. The highest BCUT2D eigenvalue weighted by Crippen LogP contribution is 2.35. The maximum atomic E-state index is 11.8. The van der Waals surface area contributed by atoms with E-state index in [1.165, 1.54) is 0 Å². The molecular formula is C12H14NO6P. The predicted molar refractivity (Wildman–Crippen MR) is 69.0 cm³/mol. The van der Waals surface area contributed by atoms with Crippen LogP contribution in [0.2, 0.25) is 0 Å². The van der Waals surface area contributed by atoms with Crippen LogP contribution in [0.5, 0.6) is 0 Å². The number of carbonyl (C=O) groups is 2. The van der Waals surface area contributed by atoms with E-state index >= 15 is 0 Å². The van der Waals surface area contributed by atoms with E-state index in [-0.39, 0.29) is 6.61 Å². The second kappa shape index (κ2) is 5.75. The molecule has 0 spiro atoms. The Morgan fingerprint density at radius 1 is 1.35 bits per heavy atom. The molecule has 0 saturated carbocycles. The van der Waals surface area contributed by atoms with Gasteiger partial charge in [0.25, 0.3) is 0 Å². The summed E-state index contributed by atoms with van der Waals surface area (Å²) in [5.41, 5.74) is 0.907. The van der Waals surface area contributed by atoms with Crippen molar-refractivity contribution < 1.29 is 28.7 Å². The molecule has 2 N–H and O–H groups in total. The summed E-state index contributed by atoms with van der Waals surface area (Å²) in [6.45, 7) is 0.0284. The Labute approximate surface area is 115 Å². The molecule has 0 bridgehead atoms. The molecule has 8 heteroatoms. The molecule has 1 aliphatic heterocycles. The molecular weight excluding hydrogens is 285 g/mol. The summed E-state index contributed by atoms with van der Waals surface area (Å²) in [6, 6.07) is 8.65. The van der Waals surface area contributed by atoms with Crippen LogP contribution < -0.4 is 0 Å². The van der Waals surface area contributed by atoms with Gasteiger partial charge in [0.15, 0.2) is 0 Å². The number of imide groups is 1. The molecule has 1 fully saturated rings. The van der Waals surface area contributed by atoms with Crippen molar-refractivity contribution in [3.05, 3.63) is 35.9 Å². The molecule has 2 amide bonds. The van der Waals surface area contributed by atoms with Crippen LogP contribution in [-0.4, -0.2) is 45.5 Å². The summed E-state index contributed by atoms with van der Waals surface area (Å²) in [7, 11) is -4.51. The molecule has 1 atom stereocenters. The highest BCUT2D eigenvalue weighted by atomic mass is 31.2. The normalized spacial score (nSPS) is 19.0. The van der Waals surface area contributed by atoms with E-state index in [1.54, 1.807) is 0 Å². The van der Waals surface area contributed by atoms with Crippen LogP contribution >= 0.6 is 7.60 Å². The minimum absolute atomic E-state index is 0.0284. The van der Waals surface area contributed by atoms with E-state index < -0.39 is 31.8 Å². The van der Waals surface area contributed by atoms with Crippen LogP contribution in [0.1, 0.15) is 5.56 Å². The zero-order valence-electron chi connectivity index (χ0n) is 10.5. The lowest BCUT2D eigenvalue weighted by atomic mass is 10.1. The van der Waals surface area contributed by atoms with Gasteiger partial charge < -0.3 is 14.5 Å². The third-order valence-electron chi connectivity index (χ3n) is 2.89. The summed E-state index contributed by atoms with van der Waals surface area (Å²) in [4.78, 5) is 41.8. The van der Waals surface area contributed by atoms with E-state index in [9.17, 15) is 14.2 Å². The number of hydrogen-bond acceptors (Lipinski definition) is 4. The summed E-state index contributed by atoms with van der Waals surface area (Å²) >= 11 is 0. The van der Waals surface area contributed by atoms with E-state index in [0.717, 1.165) is 10.5 Å². The minimum atomic E-state index is -4.51. The van der Waals surface area contributed by atoms with Crippen LogP contribution in [0.4, 0.5) is 4.79 Å². The maximum Gasteiger partial charge on any atom is 0.417 e. The zero-order chi connectivity index (χ0) is 14.8. The fourth-order valence-electron chi connectivity index (χ4n) is 2.05. The number of carbonyl (C=O) groups excluding carboxylic acids is 2. The first-order valence-electron chi connectivity index (χ1n) is 5.94. The zero-order valence-corrected chi connectivity index (χ0v) is 11.4. The van der Waals surface area contributed by atoms with Crippen LogP contribution in [0.3, 0.4) is 0 Å². The first-order chi connectivity index (χ1) is 9.37. The molecule has 1 aromatic carbocycles. The van der Waals surface area contributed by atoms with Gasteiger partial charge in [-0.3, -0.25) is 9.36 Å². The van der Waals surface area contributed by atoms with Crippen molar-refractivity contribution >= 4 is 19.6 Å². The number of ether oxygens (including phenoxy) is 1. The van der Waals surface area contributed by atoms with Crippen LogP contribution in [-0.2, 0) is 20.5 Å². The largest absolute Gasteiger partial charge is 0.447 e. The van der Waals surface area contributed by atoms with Gasteiger partial charge in [-0.25, -0.2) is 9.69 Å². The van der Waals surface area contributed by atoms with Gasteiger partial charge in [-0.2, -0.15) is 0 Å². The Morgan fingerprint density at radius 2 is 2.00 bits per heavy atom. The first-order valence-corrected chi connectivity index (χ1v) is 7.74. The van der Waals surface area contributed by atoms with E-state index in [4.69, 9.17) is 14.5 Å².